The number of carbonyl (C=O) groups excluding carboxylic acids is 1. The second-order valence-electron chi connectivity index (χ2n) is 6.20. The normalized spacial score (nSPS) is 27.0. The highest BCUT2D eigenvalue weighted by Crippen LogP contribution is 2.22. The molecular weight excluding hydrogens is 282 g/mol. The Labute approximate surface area is 131 Å². The maximum Gasteiger partial charge on any atom is 0.251 e. The molecule has 0 radical (unpaired) electrons. The van der Waals surface area contributed by atoms with Gasteiger partial charge >= 0.3 is 0 Å². The number of carbonyl (C=O) groups is 1. The number of aromatic nitrogens is 2. The van der Waals surface area contributed by atoms with Crippen molar-refractivity contribution in [1.82, 2.24) is 14.5 Å². The van der Waals surface area contributed by atoms with Gasteiger partial charge in [0.15, 0.2) is 0 Å². The predicted octanol–water partition coefficient (Wildman–Crippen LogP) is 1.63. The van der Waals surface area contributed by atoms with E-state index in [1.54, 1.807) is 6.20 Å². The first-order valence-electron chi connectivity index (χ1n) is 8.23. The lowest BCUT2D eigenvalue weighted by Gasteiger charge is -2.34. The van der Waals surface area contributed by atoms with Gasteiger partial charge in [-0.1, -0.05) is 0 Å². The van der Waals surface area contributed by atoms with Gasteiger partial charge in [-0.2, -0.15) is 0 Å². The standard InChI is InChI=1S/C16H25N3O3/c1-13(22-11-15-5-3-9-21-15)16(20)18-7-2-4-14(10-18)19-8-6-17-12-19/h6,8,12-15H,2-5,7,9-11H2,1H3/t13-,14-,15+/m0/s1. The molecule has 2 fully saturated rings. The summed E-state index contributed by atoms with van der Waals surface area (Å²) in [5, 5.41) is 0. The van der Waals surface area contributed by atoms with E-state index in [0.717, 1.165) is 45.4 Å². The molecule has 22 heavy (non-hydrogen) atoms. The molecule has 6 heteroatoms. The third-order valence-electron chi connectivity index (χ3n) is 4.56. The minimum absolute atomic E-state index is 0.0859. The highest BCUT2D eigenvalue weighted by molar-refractivity contribution is 5.80. The SMILES string of the molecule is C[C@H](OC[C@H]1CCCO1)C(=O)N1CCC[C@H](n2ccnc2)C1. The number of rotatable bonds is 5. The molecule has 0 spiro atoms. The largest absolute Gasteiger partial charge is 0.376 e. The monoisotopic (exact) mass is 307 g/mol. The summed E-state index contributed by atoms with van der Waals surface area (Å²) in [7, 11) is 0. The van der Waals surface area contributed by atoms with Crippen LogP contribution >= 0.6 is 0 Å². The lowest BCUT2D eigenvalue weighted by Crippen LogP contribution is -2.45. The van der Waals surface area contributed by atoms with E-state index in [-0.39, 0.29) is 12.0 Å². The average molecular weight is 307 g/mol. The van der Waals surface area contributed by atoms with Gasteiger partial charge in [0.2, 0.25) is 0 Å². The van der Waals surface area contributed by atoms with E-state index < -0.39 is 6.10 Å². The van der Waals surface area contributed by atoms with Crippen LogP contribution in [0, 0.1) is 0 Å². The molecule has 0 unspecified atom stereocenters. The quantitative estimate of drug-likeness (QED) is 0.829. The van der Waals surface area contributed by atoms with Gasteiger partial charge in [0.05, 0.1) is 25.1 Å². The number of amides is 1. The Morgan fingerprint density at radius 1 is 1.45 bits per heavy atom. The summed E-state index contributed by atoms with van der Waals surface area (Å²) < 4.78 is 13.4. The molecule has 0 bridgehead atoms. The summed E-state index contributed by atoms with van der Waals surface area (Å²) >= 11 is 0. The first kappa shape index (κ1) is 15.5. The molecular formula is C16H25N3O3. The third-order valence-corrected chi connectivity index (χ3v) is 4.56. The molecule has 6 nitrogen and oxygen atoms in total. The first-order chi connectivity index (χ1) is 10.7. The Kier molecular flexibility index (Phi) is 5.10. The minimum atomic E-state index is -0.397. The fourth-order valence-electron chi connectivity index (χ4n) is 3.24. The molecule has 3 rings (SSSR count). The van der Waals surface area contributed by atoms with Crippen LogP contribution < -0.4 is 0 Å². The fourth-order valence-corrected chi connectivity index (χ4v) is 3.24. The van der Waals surface area contributed by atoms with E-state index in [1.807, 2.05) is 24.3 Å². The average Bonchev–Trinajstić information content (AvgIpc) is 3.25. The molecule has 0 N–H and O–H groups in total. The number of ether oxygens (including phenoxy) is 2. The van der Waals surface area contributed by atoms with Gasteiger partial charge in [-0.3, -0.25) is 4.79 Å². The number of hydrogen-bond donors (Lipinski definition) is 0. The molecule has 2 aliphatic heterocycles. The van der Waals surface area contributed by atoms with Crippen molar-refractivity contribution in [2.75, 3.05) is 26.3 Å². The second kappa shape index (κ2) is 7.24. The predicted molar refractivity (Wildman–Crippen MR) is 81.5 cm³/mol. The molecule has 3 heterocycles. The van der Waals surface area contributed by atoms with Crippen LogP contribution in [-0.2, 0) is 14.3 Å². The van der Waals surface area contributed by atoms with Crippen molar-refractivity contribution in [3.63, 3.8) is 0 Å². The summed E-state index contributed by atoms with van der Waals surface area (Å²) in [6, 6.07) is 0.325. The zero-order valence-corrected chi connectivity index (χ0v) is 13.2. The first-order valence-corrected chi connectivity index (χ1v) is 8.23. The highest BCUT2D eigenvalue weighted by Gasteiger charge is 2.28. The number of hydrogen-bond acceptors (Lipinski definition) is 4. The maximum absolute atomic E-state index is 12.6. The van der Waals surface area contributed by atoms with E-state index in [1.165, 1.54) is 0 Å². The second-order valence-corrected chi connectivity index (χ2v) is 6.20. The molecule has 1 aromatic heterocycles. The van der Waals surface area contributed by atoms with Gasteiger partial charge in [-0.05, 0) is 32.6 Å². The number of piperidine rings is 1. The number of likely N-dealkylation sites (tertiary alicyclic amines) is 1. The van der Waals surface area contributed by atoms with Gasteiger partial charge in [0.25, 0.3) is 5.91 Å². The molecule has 122 valence electrons. The zero-order chi connectivity index (χ0) is 15.4. The number of nitrogens with zero attached hydrogens (tertiary/aromatic N) is 3. The van der Waals surface area contributed by atoms with Crippen molar-refractivity contribution in [3.8, 4) is 0 Å². The van der Waals surface area contributed by atoms with Crippen LogP contribution in [0.25, 0.3) is 0 Å². The minimum Gasteiger partial charge on any atom is -0.376 e. The Hall–Kier alpha value is -1.40. The van der Waals surface area contributed by atoms with Crippen LogP contribution in [-0.4, -0.2) is 58.9 Å². The van der Waals surface area contributed by atoms with Crippen LogP contribution in [0.15, 0.2) is 18.7 Å². The summed E-state index contributed by atoms with van der Waals surface area (Å²) in [5.41, 5.74) is 0. The molecule has 0 aliphatic carbocycles. The molecule has 1 amide bonds. The number of imidazole rings is 1. The van der Waals surface area contributed by atoms with Gasteiger partial charge < -0.3 is 18.9 Å². The Morgan fingerprint density at radius 3 is 3.09 bits per heavy atom. The van der Waals surface area contributed by atoms with Crippen LogP contribution in [0.5, 0.6) is 0 Å². The van der Waals surface area contributed by atoms with Crippen LogP contribution in [0.4, 0.5) is 0 Å². The molecule has 3 atom stereocenters. The van der Waals surface area contributed by atoms with E-state index in [4.69, 9.17) is 9.47 Å². The lowest BCUT2D eigenvalue weighted by atomic mass is 10.0. The molecule has 1 aromatic rings. The van der Waals surface area contributed by atoms with Crippen LogP contribution in [0.2, 0.25) is 0 Å². The van der Waals surface area contributed by atoms with Crippen molar-refractivity contribution in [1.29, 1.82) is 0 Å². The smallest absolute Gasteiger partial charge is 0.251 e. The summed E-state index contributed by atoms with van der Waals surface area (Å²) in [6.07, 6.45) is 9.59. The van der Waals surface area contributed by atoms with Gasteiger partial charge in [-0.25, -0.2) is 4.98 Å². The summed E-state index contributed by atoms with van der Waals surface area (Å²) in [5.74, 6) is 0.0859. The van der Waals surface area contributed by atoms with Gasteiger partial charge in [-0.15, -0.1) is 0 Å². The van der Waals surface area contributed by atoms with E-state index in [9.17, 15) is 4.79 Å². The topological polar surface area (TPSA) is 56.6 Å². The van der Waals surface area contributed by atoms with Crippen molar-refractivity contribution in [2.45, 2.75) is 50.9 Å². The molecule has 2 saturated heterocycles. The van der Waals surface area contributed by atoms with Crippen LogP contribution in [0.3, 0.4) is 0 Å². The maximum atomic E-state index is 12.6. The van der Waals surface area contributed by atoms with Gasteiger partial charge in [0, 0.05) is 32.1 Å². The van der Waals surface area contributed by atoms with Gasteiger partial charge in [0.1, 0.15) is 6.10 Å². The van der Waals surface area contributed by atoms with Crippen molar-refractivity contribution in [2.24, 2.45) is 0 Å². The molecule has 0 aromatic carbocycles. The van der Waals surface area contributed by atoms with E-state index in [2.05, 4.69) is 9.55 Å². The zero-order valence-electron chi connectivity index (χ0n) is 13.2. The van der Waals surface area contributed by atoms with Crippen LogP contribution in [0.1, 0.15) is 38.6 Å². The van der Waals surface area contributed by atoms with E-state index >= 15 is 0 Å². The highest BCUT2D eigenvalue weighted by atomic mass is 16.5. The Morgan fingerprint density at radius 2 is 2.36 bits per heavy atom. The summed E-state index contributed by atoms with van der Waals surface area (Å²) in [6.45, 7) is 4.74. The van der Waals surface area contributed by atoms with E-state index in [0.29, 0.717) is 12.6 Å². The third kappa shape index (κ3) is 3.67. The Balaban J connectivity index is 1.50. The van der Waals surface area contributed by atoms with Crippen molar-refractivity contribution in [3.05, 3.63) is 18.7 Å². The fraction of sp³-hybridized carbons (Fsp3) is 0.750. The molecule has 2 aliphatic rings. The van der Waals surface area contributed by atoms with Crippen molar-refractivity contribution >= 4 is 5.91 Å². The molecule has 0 saturated carbocycles. The summed E-state index contributed by atoms with van der Waals surface area (Å²) in [4.78, 5) is 18.6. The Bertz CT molecular complexity index is 471. The lowest BCUT2D eigenvalue weighted by molar-refractivity contribution is -0.146. The van der Waals surface area contributed by atoms with Crippen molar-refractivity contribution < 1.29 is 14.3 Å².